The highest BCUT2D eigenvalue weighted by atomic mass is 33.1. The minimum Gasteiger partial charge on any atom is -0.359 e. The summed E-state index contributed by atoms with van der Waals surface area (Å²) in [4.78, 5) is 4.48. The SMILES string of the molecule is CCCCN1C=CN(CCCCS(=O)(=O)OSS)C1. The van der Waals surface area contributed by atoms with Gasteiger partial charge in [-0.1, -0.05) is 25.0 Å². The van der Waals surface area contributed by atoms with Crippen LogP contribution in [0.15, 0.2) is 12.4 Å². The Kier molecular flexibility index (Phi) is 8.05. The first kappa shape index (κ1) is 17.0. The van der Waals surface area contributed by atoms with Gasteiger partial charge in [-0.15, -0.1) is 0 Å². The fourth-order valence-electron chi connectivity index (χ4n) is 1.84. The summed E-state index contributed by atoms with van der Waals surface area (Å²) in [6, 6.07) is 0. The topological polar surface area (TPSA) is 49.9 Å². The predicted molar refractivity (Wildman–Crippen MR) is 83.0 cm³/mol. The molecule has 0 aliphatic carbocycles. The molecule has 8 heteroatoms. The molecule has 0 N–H and O–H groups in total. The monoisotopic (exact) mass is 326 g/mol. The number of thiol groups is 1. The van der Waals surface area contributed by atoms with Gasteiger partial charge in [0, 0.05) is 25.5 Å². The van der Waals surface area contributed by atoms with Crippen molar-refractivity contribution in [2.45, 2.75) is 32.6 Å². The Morgan fingerprint density at radius 1 is 1.21 bits per heavy atom. The van der Waals surface area contributed by atoms with Gasteiger partial charge in [-0.3, -0.25) is 0 Å². The van der Waals surface area contributed by atoms with E-state index in [0.717, 1.165) is 26.2 Å². The Bertz CT molecular complexity index is 373. The molecule has 0 aromatic carbocycles. The largest absolute Gasteiger partial charge is 0.359 e. The van der Waals surface area contributed by atoms with Crippen LogP contribution < -0.4 is 0 Å². The summed E-state index contributed by atoms with van der Waals surface area (Å²) in [6.45, 7) is 5.06. The van der Waals surface area contributed by atoms with Crippen LogP contribution in [-0.2, 0) is 13.7 Å². The van der Waals surface area contributed by atoms with E-state index in [4.69, 9.17) is 0 Å². The van der Waals surface area contributed by atoms with E-state index in [9.17, 15) is 8.42 Å². The lowest BCUT2D eigenvalue weighted by atomic mass is 10.3. The highest BCUT2D eigenvalue weighted by Crippen LogP contribution is 2.14. The molecule has 1 heterocycles. The van der Waals surface area contributed by atoms with Crippen molar-refractivity contribution in [2.24, 2.45) is 0 Å². The van der Waals surface area contributed by atoms with E-state index < -0.39 is 10.1 Å². The molecule has 0 atom stereocenters. The number of hydrogen-bond acceptors (Lipinski definition) is 7. The van der Waals surface area contributed by atoms with Gasteiger partial charge in [-0.25, -0.2) is 0 Å². The van der Waals surface area contributed by atoms with Crippen molar-refractivity contribution in [3.8, 4) is 0 Å². The minimum atomic E-state index is -3.41. The van der Waals surface area contributed by atoms with Gasteiger partial charge in [0.1, 0.15) is 0 Å². The maximum absolute atomic E-state index is 11.3. The van der Waals surface area contributed by atoms with Crippen molar-refractivity contribution in [3.63, 3.8) is 0 Å². The molecule has 0 bridgehead atoms. The second-order valence-electron chi connectivity index (χ2n) is 4.53. The van der Waals surface area contributed by atoms with Crippen molar-refractivity contribution in [1.82, 2.24) is 9.80 Å². The first-order valence-electron chi connectivity index (χ1n) is 6.46. The lowest BCUT2D eigenvalue weighted by Crippen LogP contribution is -2.26. The molecule has 0 saturated heterocycles. The van der Waals surface area contributed by atoms with Gasteiger partial charge in [0.15, 0.2) is 0 Å². The summed E-state index contributed by atoms with van der Waals surface area (Å²) in [6.07, 6.45) is 8.03. The standard InChI is InChI=1S/C11H22N2O3S3/c1-2-3-6-12-8-9-13(11-12)7-4-5-10-19(14,15)16-18-17/h8-9,17H,2-7,10-11H2,1H3. The van der Waals surface area contributed by atoms with E-state index in [1.165, 1.54) is 12.8 Å². The molecule has 1 aliphatic heterocycles. The van der Waals surface area contributed by atoms with Crippen LogP contribution in [0.2, 0.25) is 0 Å². The van der Waals surface area contributed by atoms with Crippen LogP contribution in [0.4, 0.5) is 0 Å². The third kappa shape index (κ3) is 7.34. The van der Waals surface area contributed by atoms with Crippen molar-refractivity contribution < 1.29 is 12.0 Å². The van der Waals surface area contributed by atoms with Crippen molar-refractivity contribution in [1.29, 1.82) is 0 Å². The minimum absolute atomic E-state index is 0.0532. The Morgan fingerprint density at radius 3 is 2.42 bits per heavy atom. The quantitative estimate of drug-likeness (QED) is 0.288. The molecule has 1 rings (SSSR count). The summed E-state index contributed by atoms with van der Waals surface area (Å²) >= 11 is 4.24. The average molecular weight is 327 g/mol. The van der Waals surface area contributed by atoms with Gasteiger partial charge in [0.2, 0.25) is 0 Å². The van der Waals surface area contributed by atoms with Crippen LogP contribution in [-0.4, -0.2) is 43.7 Å². The van der Waals surface area contributed by atoms with Crippen LogP contribution in [0.1, 0.15) is 32.6 Å². The van der Waals surface area contributed by atoms with E-state index in [2.05, 4.69) is 44.4 Å². The first-order chi connectivity index (χ1) is 9.07. The highest BCUT2D eigenvalue weighted by molar-refractivity contribution is 8.67. The third-order valence-corrected chi connectivity index (χ3v) is 5.28. The maximum atomic E-state index is 11.3. The summed E-state index contributed by atoms with van der Waals surface area (Å²) in [5.74, 6) is 0.0532. The molecule has 0 unspecified atom stereocenters. The number of unbranched alkanes of at least 4 members (excludes halogenated alkanes) is 2. The summed E-state index contributed by atoms with van der Waals surface area (Å²) in [7, 11) is -3.41. The molecular formula is C11H22N2O3S3. The Labute approximate surface area is 125 Å². The molecule has 0 saturated carbocycles. The summed E-state index contributed by atoms with van der Waals surface area (Å²) < 4.78 is 27.0. The lowest BCUT2D eigenvalue weighted by Gasteiger charge is -2.20. The fourth-order valence-corrected chi connectivity index (χ4v) is 3.88. The molecule has 0 spiro atoms. The van der Waals surface area contributed by atoms with E-state index >= 15 is 0 Å². The zero-order valence-corrected chi connectivity index (χ0v) is 13.7. The summed E-state index contributed by atoms with van der Waals surface area (Å²) in [5.41, 5.74) is 0. The molecule has 0 amide bonds. The van der Waals surface area contributed by atoms with Gasteiger partial charge >= 0.3 is 0 Å². The van der Waals surface area contributed by atoms with Crippen LogP contribution in [0.5, 0.6) is 0 Å². The maximum Gasteiger partial charge on any atom is 0.278 e. The molecule has 0 radical (unpaired) electrons. The van der Waals surface area contributed by atoms with Crippen molar-refractivity contribution >= 4 is 32.9 Å². The van der Waals surface area contributed by atoms with Gasteiger partial charge < -0.3 is 9.80 Å². The van der Waals surface area contributed by atoms with Crippen molar-refractivity contribution in [3.05, 3.63) is 12.4 Å². The predicted octanol–water partition coefficient (Wildman–Crippen LogP) is 2.45. The zero-order valence-electron chi connectivity index (χ0n) is 11.2. The van der Waals surface area contributed by atoms with E-state index in [-0.39, 0.29) is 5.75 Å². The van der Waals surface area contributed by atoms with Gasteiger partial charge in [0.05, 0.1) is 23.5 Å². The lowest BCUT2D eigenvalue weighted by molar-refractivity contribution is 0.260. The Balaban J connectivity index is 2.10. The molecule has 19 heavy (non-hydrogen) atoms. The number of nitrogens with zero attached hydrogens (tertiary/aromatic N) is 2. The Hall–Kier alpha value is -0.0500. The second kappa shape index (κ2) is 8.99. The number of rotatable bonds is 10. The van der Waals surface area contributed by atoms with Gasteiger partial charge in [-0.05, 0) is 19.3 Å². The van der Waals surface area contributed by atoms with E-state index in [1.807, 2.05) is 0 Å². The molecule has 0 aromatic rings. The molecular weight excluding hydrogens is 304 g/mol. The van der Waals surface area contributed by atoms with E-state index in [1.54, 1.807) is 0 Å². The van der Waals surface area contributed by atoms with Crippen molar-refractivity contribution in [2.75, 3.05) is 25.5 Å². The van der Waals surface area contributed by atoms with Crippen LogP contribution in [0.25, 0.3) is 0 Å². The first-order valence-corrected chi connectivity index (χ1v) is 9.83. The highest BCUT2D eigenvalue weighted by Gasteiger charge is 2.13. The molecule has 5 nitrogen and oxygen atoms in total. The summed E-state index contributed by atoms with van der Waals surface area (Å²) in [5, 5.41) is 0. The number of hydrogen-bond donors (Lipinski definition) is 1. The Morgan fingerprint density at radius 2 is 1.84 bits per heavy atom. The third-order valence-electron chi connectivity index (χ3n) is 2.87. The molecule has 112 valence electrons. The zero-order chi connectivity index (χ0) is 14.1. The smallest absolute Gasteiger partial charge is 0.278 e. The molecule has 0 fully saturated rings. The second-order valence-corrected chi connectivity index (χ2v) is 7.19. The van der Waals surface area contributed by atoms with Crippen LogP contribution in [0, 0.1) is 0 Å². The normalized spacial score (nSPS) is 15.5. The van der Waals surface area contributed by atoms with E-state index in [0.29, 0.717) is 17.5 Å². The molecule has 0 aromatic heterocycles. The van der Waals surface area contributed by atoms with Gasteiger partial charge in [0.25, 0.3) is 10.1 Å². The van der Waals surface area contributed by atoms with Crippen LogP contribution >= 0.6 is 22.7 Å². The molecule has 1 aliphatic rings. The van der Waals surface area contributed by atoms with Crippen LogP contribution in [0.3, 0.4) is 0 Å². The average Bonchev–Trinajstić information content (AvgIpc) is 2.80. The van der Waals surface area contributed by atoms with Gasteiger partial charge in [-0.2, -0.15) is 12.0 Å². The fraction of sp³-hybridized carbons (Fsp3) is 0.818.